The van der Waals surface area contributed by atoms with Gasteiger partial charge < -0.3 is 49.3 Å². The van der Waals surface area contributed by atoms with Crippen LogP contribution in [0.3, 0.4) is 0 Å². The van der Waals surface area contributed by atoms with Crippen LogP contribution in [-0.2, 0) is 9.47 Å². The molecule has 0 spiro atoms. The largest absolute Gasteiger partial charge is 0.489 e. The number of pyridine rings is 2. The molecule has 0 atom stereocenters. The minimum atomic E-state index is -0.281. The summed E-state index contributed by atoms with van der Waals surface area (Å²) in [7, 11) is 3.05. The zero-order valence-corrected chi connectivity index (χ0v) is 37.5. The zero-order valence-electron chi connectivity index (χ0n) is 36.7. The monoisotopic (exact) mass is 866 g/mol. The second kappa shape index (κ2) is 23.2. The topological polar surface area (TPSA) is 211 Å². The van der Waals surface area contributed by atoms with E-state index in [1.54, 1.807) is 16.9 Å². The Morgan fingerprint density at radius 2 is 1.15 bits per heavy atom. The van der Waals surface area contributed by atoms with Crippen LogP contribution in [0.5, 0.6) is 23.3 Å². The van der Waals surface area contributed by atoms with Crippen molar-refractivity contribution in [2.45, 2.75) is 105 Å². The number of rotatable bonds is 10. The van der Waals surface area contributed by atoms with Gasteiger partial charge in [0.05, 0.1) is 49.2 Å². The Morgan fingerprint density at radius 1 is 0.689 bits per heavy atom. The molecule has 19 heteroatoms. The van der Waals surface area contributed by atoms with Crippen molar-refractivity contribution < 1.29 is 38.0 Å². The summed E-state index contributed by atoms with van der Waals surface area (Å²) in [5.74, 6) is 1.96. The SMILES string of the molecule is COc1c(Cl)ncnc1OC1CCN(C(=O)OC(C)C)CC1.COc1c(Nc2ccc(C)nc2C)ncnc1OC1CCN(C(=O)OC(C)C)CC1.Cc1ccc(N)c(C)n1. The lowest BCUT2D eigenvalue weighted by Gasteiger charge is -2.31. The molecular formula is C42H59ClN10O8. The Balaban J connectivity index is 0.000000230. The molecule has 0 bridgehead atoms. The maximum Gasteiger partial charge on any atom is 0.410 e. The van der Waals surface area contributed by atoms with E-state index in [9.17, 15) is 9.59 Å². The molecule has 0 aliphatic carbocycles. The van der Waals surface area contributed by atoms with Crippen LogP contribution in [0.1, 0.15) is 76.2 Å². The fourth-order valence-corrected chi connectivity index (χ4v) is 6.33. The number of carbonyl (C=O) groups excluding carboxylic acids is 2. The molecule has 0 saturated carbocycles. The molecule has 4 aromatic heterocycles. The summed E-state index contributed by atoms with van der Waals surface area (Å²) in [5.41, 5.74) is 10.9. The van der Waals surface area contributed by atoms with Crippen LogP contribution in [0.15, 0.2) is 36.9 Å². The lowest BCUT2D eigenvalue weighted by Crippen LogP contribution is -2.42. The van der Waals surface area contributed by atoms with Crippen molar-refractivity contribution in [3.63, 3.8) is 0 Å². The van der Waals surface area contributed by atoms with E-state index < -0.39 is 0 Å². The predicted molar refractivity (Wildman–Crippen MR) is 231 cm³/mol. The number of amides is 2. The summed E-state index contributed by atoms with van der Waals surface area (Å²) >= 11 is 5.93. The molecular weight excluding hydrogens is 808 g/mol. The second-order valence-corrected chi connectivity index (χ2v) is 15.2. The molecule has 18 nitrogen and oxygen atoms in total. The van der Waals surface area contributed by atoms with Gasteiger partial charge in [-0.15, -0.1) is 0 Å². The summed E-state index contributed by atoms with van der Waals surface area (Å²) in [6.07, 6.45) is 4.58. The molecule has 2 aliphatic rings. The third-order valence-electron chi connectivity index (χ3n) is 9.28. The normalized spacial score (nSPS) is 14.2. The van der Waals surface area contributed by atoms with Crippen LogP contribution in [0.25, 0.3) is 0 Å². The van der Waals surface area contributed by atoms with Gasteiger partial charge in [0, 0.05) is 63.3 Å². The Hall–Kier alpha value is -5.91. The van der Waals surface area contributed by atoms with Crippen LogP contribution in [0.2, 0.25) is 5.15 Å². The molecule has 2 aliphatic heterocycles. The van der Waals surface area contributed by atoms with E-state index in [-0.39, 0.29) is 41.8 Å². The van der Waals surface area contributed by atoms with Crippen molar-refractivity contribution in [3.8, 4) is 23.3 Å². The Morgan fingerprint density at radius 3 is 1.59 bits per heavy atom. The smallest absolute Gasteiger partial charge is 0.410 e. The maximum atomic E-state index is 12.0. The molecule has 61 heavy (non-hydrogen) atoms. The van der Waals surface area contributed by atoms with Gasteiger partial charge >= 0.3 is 12.2 Å². The van der Waals surface area contributed by atoms with Gasteiger partial charge in [-0.05, 0) is 79.7 Å². The number of hydrogen-bond donors (Lipinski definition) is 2. The second-order valence-electron chi connectivity index (χ2n) is 14.9. The molecule has 0 radical (unpaired) electrons. The lowest BCUT2D eigenvalue weighted by atomic mass is 10.1. The molecule has 0 unspecified atom stereocenters. The molecule has 2 saturated heterocycles. The quantitative estimate of drug-likeness (QED) is 0.148. The van der Waals surface area contributed by atoms with Gasteiger partial charge in [-0.3, -0.25) is 9.97 Å². The van der Waals surface area contributed by atoms with E-state index in [4.69, 9.17) is 45.8 Å². The third kappa shape index (κ3) is 14.7. The number of carbonyl (C=O) groups is 2. The maximum absolute atomic E-state index is 12.0. The minimum absolute atomic E-state index is 0.0528. The number of aryl methyl sites for hydroxylation is 4. The third-order valence-corrected chi connectivity index (χ3v) is 9.55. The van der Waals surface area contributed by atoms with Gasteiger partial charge in [0.2, 0.25) is 11.5 Å². The Labute approximate surface area is 362 Å². The van der Waals surface area contributed by atoms with Crippen LogP contribution < -0.4 is 30.0 Å². The van der Waals surface area contributed by atoms with Gasteiger partial charge in [0.1, 0.15) is 24.9 Å². The number of piperidine rings is 2. The number of ether oxygens (including phenoxy) is 6. The first-order chi connectivity index (χ1) is 29.1. The molecule has 2 fully saturated rings. The predicted octanol–water partition coefficient (Wildman–Crippen LogP) is 7.44. The van der Waals surface area contributed by atoms with E-state index in [1.807, 2.05) is 79.7 Å². The van der Waals surface area contributed by atoms with Crippen LogP contribution >= 0.6 is 11.6 Å². The molecule has 0 aromatic carbocycles. The zero-order chi connectivity index (χ0) is 44.6. The van der Waals surface area contributed by atoms with Crippen molar-refractivity contribution in [2.24, 2.45) is 0 Å². The number of nitrogens with zero attached hydrogens (tertiary/aromatic N) is 8. The number of nitrogen functional groups attached to an aromatic ring is 1. The molecule has 4 aromatic rings. The molecule has 2 amide bonds. The highest BCUT2D eigenvalue weighted by atomic mass is 35.5. The number of hydrogen-bond acceptors (Lipinski definition) is 16. The van der Waals surface area contributed by atoms with Crippen LogP contribution in [0.4, 0.5) is 26.8 Å². The average molecular weight is 867 g/mol. The number of likely N-dealkylation sites (tertiary alicyclic amines) is 2. The highest BCUT2D eigenvalue weighted by molar-refractivity contribution is 6.31. The average Bonchev–Trinajstić information content (AvgIpc) is 3.21. The summed E-state index contributed by atoms with van der Waals surface area (Å²) in [6.45, 7) is 17.4. The summed E-state index contributed by atoms with van der Waals surface area (Å²) in [4.78, 5) is 52.3. The molecule has 332 valence electrons. The van der Waals surface area contributed by atoms with Crippen molar-refractivity contribution >= 4 is 41.0 Å². The number of aromatic nitrogens is 6. The van der Waals surface area contributed by atoms with E-state index in [0.29, 0.717) is 80.9 Å². The fourth-order valence-electron chi connectivity index (χ4n) is 6.13. The van der Waals surface area contributed by atoms with Gasteiger partial charge in [0.25, 0.3) is 11.8 Å². The Kier molecular flexibility index (Phi) is 18.2. The lowest BCUT2D eigenvalue weighted by molar-refractivity contribution is 0.0491. The highest BCUT2D eigenvalue weighted by Gasteiger charge is 2.28. The van der Waals surface area contributed by atoms with Gasteiger partial charge in [-0.25, -0.2) is 19.6 Å². The number of anilines is 3. The minimum Gasteiger partial charge on any atom is -0.489 e. The van der Waals surface area contributed by atoms with Gasteiger partial charge in [-0.2, -0.15) is 9.97 Å². The molecule has 3 N–H and O–H groups in total. The number of nitrogens with two attached hydrogens (primary N) is 1. The molecule has 6 rings (SSSR count). The highest BCUT2D eigenvalue weighted by Crippen LogP contribution is 2.35. The van der Waals surface area contributed by atoms with Crippen molar-refractivity contribution in [3.05, 3.63) is 64.8 Å². The van der Waals surface area contributed by atoms with Gasteiger partial charge in [0.15, 0.2) is 11.0 Å². The fraction of sp³-hybridized carbons (Fsp3) is 0.524. The summed E-state index contributed by atoms with van der Waals surface area (Å²) in [6, 6.07) is 7.66. The van der Waals surface area contributed by atoms with Crippen LogP contribution in [0, 0.1) is 27.7 Å². The number of nitrogens with one attached hydrogen (secondary N) is 1. The van der Waals surface area contributed by atoms with E-state index in [2.05, 4.69) is 35.2 Å². The van der Waals surface area contributed by atoms with Crippen molar-refractivity contribution in [1.29, 1.82) is 0 Å². The summed E-state index contributed by atoms with van der Waals surface area (Å²) in [5, 5.41) is 3.46. The first-order valence-electron chi connectivity index (χ1n) is 20.2. The first-order valence-corrected chi connectivity index (χ1v) is 20.5. The molecule has 6 heterocycles. The van der Waals surface area contributed by atoms with E-state index in [1.165, 1.54) is 19.8 Å². The van der Waals surface area contributed by atoms with E-state index >= 15 is 0 Å². The Bertz CT molecular complexity index is 2040. The van der Waals surface area contributed by atoms with E-state index in [0.717, 1.165) is 34.2 Å². The number of methoxy groups -OCH3 is 2. The van der Waals surface area contributed by atoms with Crippen LogP contribution in [-0.4, -0.2) is 117 Å². The van der Waals surface area contributed by atoms with Crippen molar-refractivity contribution in [2.75, 3.05) is 51.4 Å². The van der Waals surface area contributed by atoms with Crippen molar-refractivity contribution in [1.82, 2.24) is 39.7 Å². The standard InChI is InChI=1S/C21H29N5O4.C14H20ClN3O4.C7H10N2/c1-13(2)29-21(27)26-10-8-16(9-11-26)30-20-18(28-5)19(22-12-23-20)25-17-7-6-14(3)24-15(17)4;1-9(2)21-14(19)18-6-4-10(5-7-18)22-13-11(20-3)12(15)16-8-17-13;1-5-3-4-7(8)6(2)9-5/h6-7,12-13,16H,8-11H2,1-5H3,(H,22,23,25);8-10H,4-7H2,1-3H3;3-4H,8H2,1-2H3. The summed E-state index contributed by atoms with van der Waals surface area (Å²) < 4.78 is 33.1. The van der Waals surface area contributed by atoms with Gasteiger partial charge in [-0.1, -0.05) is 11.6 Å². The first kappa shape index (κ1) is 47.8. The number of halogens is 1.